The van der Waals surface area contributed by atoms with Crippen LogP contribution >= 0.6 is 11.8 Å². The summed E-state index contributed by atoms with van der Waals surface area (Å²) < 4.78 is 47.5. The minimum absolute atomic E-state index is 0.00936. The van der Waals surface area contributed by atoms with E-state index in [4.69, 9.17) is 9.26 Å². The Labute approximate surface area is 151 Å². The summed E-state index contributed by atoms with van der Waals surface area (Å²) in [6.07, 6.45) is -4.45. The van der Waals surface area contributed by atoms with Crippen LogP contribution in [0, 0.1) is 6.92 Å². The minimum atomic E-state index is -4.45. The van der Waals surface area contributed by atoms with E-state index < -0.39 is 17.7 Å². The number of alkyl halides is 3. The number of ether oxygens (including phenoxy) is 1. The van der Waals surface area contributed by atoms with Crippen LogP contribution in [0.3, 0.4) is 0 Å². The van der Waals surface area contributed by atoms with E-state index in [1.54, 1.807) is 13.0 Å². The zero-order valence-corrected chi connectivity index (χ0v) is 14.4. The number of carbonyl (C=O) groups is 2. The highest BCUT2D eigenvalue weighted by atomic mass is 32.2. The summed E-state index contributed by atoms with van der Waals surface area (Å²) in [6.45, 7) is 1.41. The molecule has 10 heteroatoms. The fourth-order valence-electron chi connectivity index (χ4n) is 1.87. The van der Waals surface area contributed by atoms with E-state index >= 15 is 0 Å². The molecule has 140 valence electrons. The van der Waals surface area contributed by atoms with Crippen molar-refractivity contribution < 1.29 is 32.0 Å². The molecule has 0 aliphatic carbocycles. The first-order chi connectivity index (χ1) is 12.2. The summed E-state index contributed by atoms with van der Waals surface area (Å²) in [6, 6.07) is 6.09. The predicted molar refractivity (Wildman–Crippen MR) is 88.4 cm³/mol. The standard InChI is InChI=1S/C16H15F3N2O4S/c1-10-5-13(21-25-10)20-14(22)8-26-9-15(23)24-7-11-3-2-4-12(6-11)16(17,18)19/h2-6H,7-9H2,1H3,(H,20,21,22). The maximum absolute atomic E-state index is 12.6. The Morgan fingerprint density at radius 1 is 1.27 bits per heavy atom. The molecule has 6 nitrogen and oxygen atoms in total. The van der Waals surface area contributed by atoms with Crippen LogP contribution in [-0.4, -0.2) is 28.5 Å². The van der Waals surface area contributed by atoms with Crippen LogP contribution in [0.2, 0.25) is 0 Å². The van der Waals surface area contributed by atoms with Gasteiger partial charge in [0.15, 0.2) is 5.82 Å². The van der Waals surface area contributed by atoms with E-state index in [-0.39, 0.29) is 35.4 Å². The molecule has 0 radical (unpaired) electrons. The van der Waals surface area contributed by atoms with E-state index in [1.165, 1.54) is 12.1 Å². The quantitative estimate of drug-likeness (QED) is 0.732. The Morgan fingerprint density at radius 2 is 2.04 bits per heavy atom. The number of thioether (sulfide) groups is 1. The van der Waals surface area contributed by atoms with E-state index in [0.717, 1.165) is 23.9 Å². The Balaban J connectivity index is 1.70. The molecule has 26 heavy (non-hydrogen) atoms. The number of nitrogens with one attached hydrogen (secondary N) is 1. The number of nitrogens with zero attached hydrogens (tertiary/aromatic N) is 1. The number of hydrogen-bond acceptors (Lipinski definition) is 6. The molecule has 0 unspecified atom stereocenters. The Bertz CT molecular complexity index is 777. The molecule has 0 fully saturated rings. The molecule has 0 atom stereocenters. The molecule has 2 rings (SSSR count). The van der Waals surface area contributed by atoms with Crippen molar-refractivity contribution in [1.29, 1.82) is 0 Å². The first-order valence-electron chi connectivity index (χ1n) is 7.37. The number of aromatic nitrogens is 1. The lowest BCUT2D eigenvalue weighted by atomic mass is 10.1. The zero-order chi connectivity index (χ0) is 19.2. The summed E-state index contributed by atoms with van der Waals surface area (Å²) in [4.78, 5) is 23.3. The Kier molecular flexibility index (Phi) is 6.67. The van der Waals surface area contributed by atoms with Crippen molar-refractivity contribution in [3.05, 3.63) is 47.2 Å². The zero-order valence-electron chi connectivity index (χ0n) is 13.6. The van der Waals surface area contributed by atoms with Gasteiger partial charge in [0.25, 0.3) is 0 Å². The van der Waals surface area contributed by atoms with Gasteiger partial charge >= 0.3 is 12.1 Å². The number of anilines is 1. The average molecular weight is 388 g/mol. The van der Waals surface area contributed by atoms with Crippen LogP contribution in [-0.2, 0) is 27.1 Å². The number of rotatable bonds is 7. The molecule has 0 aliphatic heterocycles. The molecule has 1 amide bonds. The summed E-state index contributed by atoms with van der Waals surface area (Å²) in [5.41, 5.74) is -0.572. The van der Waals surface area contributed by atoms with Gasteiger partial charge in [0.2, 0.25) is 5.91 Å². The van der Waals surface area contributed by atoms with E-state index in [2.05, 4.69) is 10.5 Å². The molecule has 1 aromatic carbocycles. The van der Waals surface area contributed by atoms with Gasteiger partial charge in [-0.25, -0.2) is 0 Å². The molecule has 0 saturated heterocycles. The van der Waals surface area contributed by atoms with Gasteiger partial charge in [0.05, 0.1) is 17.1 Å². The van der Waals surface area contributed by atoms with Crippen molar-refractivity contribution in [2.75, 3.05) is 16.8 Å². The van der Waals surface area contributed by atoms with Crippen molar-refractivity contribution in [1.82, 2.24) is 5.16 Å². The number of esters is 1. The lowest BCUT2D eigenvalue weighted by Gasteiger charge is -2.09. The van der Waals surface area contributed by atoms with Gasteiger partial charge < -0.3 is 14.6 Å². The molecule has 1 aromatic heterocycles. The van der Waals surface area contributed by atoms with Gasteiger partial charge in [0, 0.05) is 6.07 Å². The van der Waals surface area contributed by atoms with Gasteiger partial charge in [-0.1, -0.05) is 17.3 Å². The van der Waals surface area contributed by atoms with Crippen LogP contribution < -0.4 is 5.32 Å². The second-order valence-corrected chi connectivity index (χ2v) is 6.21. The van der Waals surface area contributed by atoms with E-state index in [9.17, 15) is 22.8 Å². The Morgan fingerprint density at radius 3 is 2.69 bits per heavy atom. The molecular formula is C16H15F3N2O4S. The highest BCUT2D eigenvalue weighted by Gasteiger charge is 2.30. The summed E-state index contributed by atoms with van der Waals surface area (Å²) >= 11 is 1.01. The lowest BCUT2D eigenvalue weighted by Crippen LogP contribution is -2.16. The summed E-state index contributed by atoms with van der Waals surface area (Å²) in [5.74, 6) is -0.285. The van der Waals surface area contributed by atoms with Gasteiger partial charge in [-0.05, 0) is 24.6 Å². The molecule has 1 N–H and O–H groups in total. The molecule has 1 heterocycles. The van der Waals surface area contributed by atoms with Crippen LogP contribution in [0.4, 0.5) is 19.0 Å². The predicted octanol–water partition coefficient (Wildman–Crippen LogP) is 3.42. The second-order valence-electron chi connectivity index (χ2n) is 5.22. The lowest BCUT2D eigenvalue weighted by molar-refractivity contribution is -0.141. The molecule has 0 spiro atoms. The highest BCUT2D eigenvalue weighted by Crippen LogP contribution is 2.29. The van der Waals surface area contributed by atoms with Crippen molar-refractivity contribution in [3.63, 3.8) is 0 Å². The fourth-order valence-corrected chi connectivity index (χ4v) is 2.48. The summed E-state index contributed by atoms with van der Waals surface area (Å²) in [5, 5.41) is 6.09. The number of carbonyl (C=O) groups excluding carboxylic acids is 2. The molecular weight excluding hydrogens is 373 g/mol. The third kappa shape index (κ3) is 6.43. The van der Waals surface area contributed by atoms with Gasteiger partial charge in [-0.3, -0.25) is 9.59 Å². The first-order valence-corrected chi connectivity index (χ1v) is 8.52. The number of aryl methyl sites for hydroxylation is 1. The summed E-state index contributed by atoms with van der Waals surface area (Å²) in [7, 11) is 0. The number of hydrogen-bond donors (Lipinski definition) is 1. The van der Waals surface area contributed by atoms with Crippen molar-refractivity contribution in [3.8, 4) is 0 Å². The molecule has 2 aromatic rings. The normalized spacial score (nSPS) is 11.2. The third-order valence-corrected chi connectivity index (χ3v) is 3.91. The maximum Gasteiger partial charge on any atom is 0.416 e. The first kappa shape index (κ1) is 19.8. The second kappa shape index (κ2) is 8.75. The maximum atomic E-state index is 12.6. The minimum Gasteiger partial charge on any atom is -0.460 e. The Hall–Kier alpha value is -2.49. The average Bonchev–Trinajstić information content (AvgIpc) is 2.97. The topological polar surface area (TPSA) is 81.4 Å². The number of amides is 1. The largest absolute Gasteiger partial charge is 0.460 e. The van der Waals surface area contributed by atoms with Crippen LogP contribution in [0.5, 0.6) is 0 Å². The van der Waals surface area contributed by atoms with Crippen molar-refractivity contribution >= 4 is 29.5 Å². The molecule has 0 bridgehead atoms. The van der Waals surface area contributed by atoms with Gasteiger partial charge in [-0.2, -0.15) is 13.2 Å². The fraction of sp³-hybridized carbons (Fsp3) is 0.312. The highest BCUT2D eigenvalue weighted by molar-refractivity contribution is 8.00. The van der Waals surface area contributed by atoms with E-state index in [1.807, 2.05) is 0 Å². The van der Waals surface area contributed by atoms with Crippen molar-refractivity contribution in [2.24, 2.45) is 0 Å². The SMILES string of the molecule is Cc1cc(NC(=O)CSCC(=O)OCc2cccc(C(F)(F)F)c2)no1. The van der Waals surface area contributed by atoms with Gasteiger partial charge in [0.1, 0.15) is 12.4 Å². The van der Waals surface area contributed by atoms with Crippen LogP contribution in [0.1, 0.15) is 16.9 Å². The number of halogens is 3. The third-order valence-electron chi connectivity index (χ3n) is 3.00. The van der Waals surface area contributed by atoms with Crippen LogP contribution in [0.15, 0.2) is 34.9 Å². The van der Waals surface area contributed by atoms with Crippen molar-refractivity contribution in [2.45, 2.75) is 19.7 Å². The molecule has 0 aliphatic rings. The van der Waals surface area contributed by atoms with Gasteiger partial charge in [-0.15, -0.1) is 11.8 Å². The smallest absolute Gasteiger partial charge is 0.416 e. The number of benzene rings is 1. The molecule has 0 saturated carbocycles. The van der Waals surface area contributed by atoms with E-state index in [0.29, 0.717) is 5.76 Å². The van der Waals surface area contributed by atoms with Crippen LogP contribution in [0.25, 0.3) is 0 Å². The monoisotopic (exact) mass is 388 g/mol.